The van der Waals surface area contributed by atoms with Crippen LogP contribution in [0, 0.1) is 12.8 Å². The molecular weight excluding hydrogens is 208 g/mol. The molecule has 0 amide bonds. The molecule has 1 heterocycles. The molecule has 0 aromatic carbocycles. The maximum Gasteiger partial charge on any atom is 0.0856 e. The van der Waals surface area contributed by atoms with Crippen LogP contribution in [0.15, 0.2) is 18.7 Å². The predicted molar refractivity (Wildman–Crippen MR) is 72.5 cm³/mol. The van der Waals surface area contributed by atoms with Crippen molar-refractivity contribution in [1.29, 1.82) is 0 Å². The largest absolute Gasteiger partial charge is 0.397 e. The van der Waals surface area contributed by atoms with Gasteiger partial charge in [-0.3, -0.25) is 4.98 Å². The van der Waals surface area contributed by atoms with Crippen LogP contribution in [0.4, 0.5) is 0 Å². The predicted octanol–water partition coefficient (Wildman–Crippen LogP) is 3.44. The lowest BCUT2D eigenvalue weighted by molar-refractivity contribution is 0.356. The Labute approximate surface area is 104 Å². The molecule has 1 saturated carbocycles. The Balaban J connectivity index is 2.08. The van der Waals surface area contributed by atoms with Gasteiger partial charge in [0.05, 0.1) is 11.4 Å². The highest BCUT2D eigenvalue weighted by Gasteiger charge is 2.15. The van der Waals surface area contributed by atoms with E-state index in [-0.39, 0.29) is 0 Å². The summed E-state index contributed by atoms with van der Waals surface area (Å²) < 4.78 is 0. The van der Waals surface area contributed by atoms with E-state index in [1.165, 1.54) is 44.1 Å². The lowest BCUT2D eigenvalue weighted by Crippen LogP contribution is -2.11. The standard InChI is InChI=1S/C15H22N2/c1-11(16)15-9-8-14(12(2)17-15)10-13-6-4-3-5-7-13/h8-9,13H,1,3-7,10,16H2,2H3. The molecule has 0 radical (unpaired) electrons. The molecule has 2 heteroatoms. The zero-order valence-electron chi connectivity index (χ0n) is 10.7. The second-order valence-electron chi connectivity index (χ2n) is 5.17. The van der Waals surface area contributed by atoms with Crippen LogP contribution in [0.1, 0.15) is 49.1 Å². The third-order valence-electron chi connectivity index (χ3n) is 3.76. The summed E-state index contributed by atoms with van der Waals surface area (Å²) in [5.41, 5.74) is 9.52. The highest BCUT2D eigenvalue weighted by atomic mass is 14.8. The van der Waals surface area contributed by atoms with E-state index in [0.717, 1.165) is 17.3 Å². The fraction of sp³-hybridized carbons (Fsp3) is 0.533. The summed E-state index contributed by atoms with van der Waals surface area (Å²) in [6.07, 6.45) is 8.15. The first-order chi connectivity index (χ1) is 8.16. The molecule has 0 spiro atoms. The topological polar surface area (TPSA) is 38.9 Å². The molecule has 17 heavy (non-hydrogen) atoms. The van der Waals surface area contributed by atoms with E-state index in [1.807, 2.05) is 6.07 Å². The van der Waals surface area contributed by atoms with Gasteiger partial charge in [-0.15, -0.1) is 0 Å². The smallest absolute Gasteiger partial charge is 0.0856 e. The minimum atomic E-state index is 0.553. The summed E-state index contributed by atoms with van der Waals surface area (Å²) in [6, 6.07) is 4.16. The van der Waals surface area contributed by atoms with Crippen LogP contribution >= 0.6 is 0 Å². The molecule has 1 aliphatic rings. The van der Waals surface area contributed by atoms with E-state index in [4.69, 9.17) is 5.73 Å². The van der Waals surface area contributed by atoms with Crippen molar-refractivity contribution in [3.8, 4) is 0 Å². The number of aromatic nitrogens is 1. The van der Waals surface area contributed by atoms with Crippen molar-refractivity contribution in [1.82, 2.24) is 4.98 Å². The molecule has 1 aromatic rings. The third-order valence-corrected chi connectivity index (χ3v) is 3.76. The van der Waals surface area contributed by atoms with Crippen molar-refractivity contribution in [3.05, 3.63) is 35.7 Å². The van der Waals surface area contributed by atoms with E-state index in [0.29, 0.717) is 5.70 Å². The summed E-state index contributed by atoms with van der Waals surface area (Å²) in [7, 11) is 0. The van der Waals surface area contributed by atoms with Crippen LogP contribution in [0.25, 0.3) is 5.70 Å². The van der Waals surface area contributed by atoms with E-state index in [2.05, 4.69) is 24.6 Å². The maximum atomic E-state index is 5.66. The normalized spacial score (nSPS) is 17.0. The molecule has 0 aliphatic heterocycles. The molecule has 2 N–H and O–H groups in total. The molecule has 1 aliphatic carbocycles. The molecule has 2 rings (SSSR count). The third kappa shape index (κ3) is 3.09. The summed E-state index contributed by atoms with van der Waals surface area (Å²) in [4.78, 5) is 4.51. The van der Waals surface area contributed by atoms with Crippen molar-refractivity contribution < 1.29 is 0 Å². The van der Waals surface area contributed by atoms with Crippen molar-refractivity contribution in [3.63, 3.8) is 0 Å². The van der Waals surface area contributed by atoms with Gasteiger partial charge in [-0.2, -0.15) is 0 Å². The number of nitrogens with two attached hydrogens (primary N) is 1. The van der Waals surface area contributed by atoms with E-state index < -0.39 is 0 Å². The fourth-order valence-electron chi connectivity index (χ4n) is 2.69. The van der Waals surface area contributed by atoms with Gasteiger partial charge in [0.25, 0.3) is 0 Å². The van der Waals surface area contributed by atoms with Gasteiger partial charge in [0.15, 0.2) is 0 Å². The van der Waals surface area contributed by atoms with Crippen LogP contribution in [-0.4, -0.2) is 4.98 Å². The molecule has 0 bridgehead atoms. The molecule has 0 unspecified atom stereocenters. The van der Waals surface area contributed by atoms with Crippen LogP contribution < -0.4 is 5.73 Å². The SMILES string of the molecule is C=C(N)c1ccc(CC2CCCCC2)c(C)n1. The van der Waals surface area contributed by atoms with Crippen LogP contribution in [0.2, 0.25) is 0 Å². The second-order valence-corrected chi connectivity index (χ2v) is 5.17. The Morgan fingerprint density at radius 2 is 2.06 bits per heavy atom. The zero-order valence-corrected chi connectivity index (χ0v) is 10.7. The summed E-state index contributed by atoms with van der Waals surface area (Å²) in [5, 5.41) is 0. The molecule has 0 saturated heterocycles. The average Bonchev–Trinajstić information content (AvgIpc) is 2.33. The minimum absolute atomic E-state index is 0.553. The van der Waals surface area contributed by atoms with Gasteiger partial charge in [-0.1, -0.05) is 44.7 Å². The first-order valence-corrected chi connectivity index (χ1v) is 6.58. The Morgan fingerprint density at radius 3 is 2.65 bits per heavy atom. The highest BCUT2D eigenvalue weighted by molar-refractivity contribution is 5.56. The summed E-state index contributed by atoms with van der Waals surface area (Å²) >= 11 is 0. The van der Waals surface area contributed by atoms with Crippen LogP contribution in [-0.2, 0) is 6.42 Å². The van der Waals surface area contributed by atoms with Crippen molar-refractivity contribution in [2.45, 2.75) is 45.4 Å². The summed E-state index contributed by atoms with van der Waals surface area (Å²) in [5.74, 6) is 0.858. The van der Waals surface area contributed by atoms with Gasteiger partial charge >= 0.3 is 0 Å². The highest BCUT2D eigenvalue weighted by Crippen LogP contribution is 2.27. The Kier molecular flexibility index (Phi) is 3.82. The Hall–Kier alpha value is -1.31. The van der Waals surface area contributed by atoms with E-state index >= 15 is 0 Å². The Morgan fingerprint density at radius 1 is 1.35 bits per heavy atom. The van der Waals surface area contributed by atoms with Crippen molar-refractivity contribution >= 4 is 5.70 Å². The van der Waals surface area contributed by atoms with Gasteiger partial charge < -0.3 is 5.73 Å². The number of rotatable bonds is 3. The van der Waals surface area contributed by atoms with Gasteiger partial charge in [-0.05, 0) is 30.9 Å². The van der Waals surface area contributed by atoms with Crippen molar-refractivity contribution in [2.75, 3.05) is 0 Å². The number of aryl methyl sites for hydroxylation is 1. The van der Waals surface area contributed by atoms with Gasteiger partial charge in [0.1, 0.15) is 0 Å². The first kappa shape index (κ1) is 12.2. The lowest BCUT2D eigenvalue weighted by Gasteiger charge is -2.22. The second kappa shape index (κ2) is 5.35. The number of pyridine rings is 1. The molecule has 92 valence electrons. The number of hydrogen-bond donors (Lipinski definition) is 1. The first-order valence-electron chi connectivity index (χ1n) is 6.58. The maximum absolute atomic E-state index is 5.66. The van der Waals surface area contributed by atoms with Gasteiger partial charge in [0.2, 0.25) is 0 Å². The number of nitrogens with zero attached hydrogens (tertiary/aromatic N) is 1. The quantitative estimate of drug-likeness (QED) is 0.864. The summed E-state index contributed by atoms with van der Waals surface area (Å²) in [6.45, 7) is 5.80. The van der Waals surface area contributed by atoms with Gasteiger partial charge in [-0.25, -0.2) is 0 Å². The molecule has 1 aromatic heterocycles. The van der Waals surface area contributed by atoms with Crippen molar-refractivity contribution in [2.24, 2.45) is 11.7 Å². The van der Waals surface area contributed by atoms with Gasteiger partial charge in [0, 0.05) is 5.69 Å². The lowest BCUT2D eigenvalue weighted by atomic mass is 9.84. The molecule has 1 fully saturated rings. The Bertz CT molecular complexity index is 403. The van der Waals surface area contributed by atoms with E-state index in [1.54, 1.807) is 0 Å². The monoisotopic (exact) mass is 230 g/mol. The fourth-order valence-corrected chi connectivity index (χ4v) is 2.69. The number of hydrogen-bond acceptors (Lipinski definition) is 2. The average molecular weight is 230 g/mol. The zero-order chi connectivity index (χ0) is 12.3. The molecule has 2 nitrogen and oxygen atoms in total. The van der Waals surface area contributed by atoms with Crippen LogP contribution in [0.3, 0.4) is 0 Å². The van der Waals surface area contributed by atoms with Crippen LogP contribution in [0.5, 0.6) is 0 Å². The minimum Gasteiger partial charge on any atom is -0.397 e. The molecule has 0 atom stereocenters. The molecular formula is C15H22N2. The van der Waals surface area contributed by atoms with E-state index in [9.17, 15) is 0 Å².